The summed E-state index contributed by atoms with van der Waals surface area (Å²) in [5, 5.41) is 26.0. The molecule has 1 aromatic carbocycles. The van der Waals surface area contributed by atoms with E-state index in [9.17, 15) is 20.0 Å². The zero-order valence-corrected chi connectivity index (χ0v) is 13.9. The first-order valence-corrected chi connectivity index (χ1v) is 8.08. The number of hydrogen-bond donors (Lipinski definition) is 3. The van der Waals surface area contributed by atoms with Crippen LogP contribution >= 0.6 is 0 Å². The number of anilines is 2. The van der Waals surface area contributed by atoms with Gasteiger partial charge in [0.05, 0.1) is 18.0 Å². The lowest BCUT2D eigenvalue weighted by Gasteiger charge is -2.34. The Bertz CT molecular complexity index is 857. The molecule has 1 saturated heterocycles. The number of para-hydroxylation sites is 1. The molecule has 0 radical (unpaired) electrons. The number of carboxylic acid groups (broad SMARTS) is 1. The molecule has 0 saturated carbocycles. The quantitative estimate of drug-likeness (QED) is 0.765. The lowest BCUT2D eigenvalue weighted by Crippen LogP contribution is -2.43. The van der Waals surface area contributed by atoms with E-state index in [1.807, 2.05) is 30.3 Å². The largest absolute Gasteiger partial charge is 0.465 e. The van der Waals surface area contributed by atoms with Gasteiger partial charge >= 0.3 is 6.09 Å². The van der Waals surface area contributed by atoms with Crippen LogP contribution in [0.15, 0.2) is 36.5 Å². The lowest BCUT2D eigenvalue weighted by atomic mass is 9.93. The summed E-state index contributed by atoms with van der Waals surface area (Å²) in [4.78, 5) is 24.3. The maximum atomic E-state index is 11.8. The average Bonchev–Trinajstić information content (AvgIpc) is 3.06. The van der Waals surface area contributed by atoms with Gasteiger partial charge in [0.1, 0.15) is 5.56 Å². The van der Waals surface area contributed by atoms with Crippen LogP contribution in [0.4, 0.5) is 16.3 Å². The Kier molecular flexibility index (Phi) is 4.75. The van der Waals surface area contributed by atoms with Crippen LogP contribution in [0.1, 0.15) is 22.8 Å². The van der Waals surface area contributed by atoms with Crippen molar-refractivity contribution >= 4 is 23.5 Å². The second kappa shape index (κ2) is 7.14. The fourth-order valence-electron chi connectivity index (χ4n) is 3.02. The second-order valence-corrected chi connectivity index (χ2v) is 6.05. The zero-order chi connectivity index (χ0) is 18.7. The van der Waals surface area contributed by atoms with Gasteiger partial charge < -0.3 is 21.1 Å². The number of carbonyl (C=O) groups excluding carboxylic acids is 1. The van der Waals surface area contributed by atoms with E-state index in [1.54, 1.807) is 0 Å². The molecule has 2 aromatic rings. The Labute approximate surface area is 149 Å². The van der Waals surface area contributed by atoms with E-state index in [0.29, 0.717) is 13.0 Å². The van der Waals surface area contributed by atoms with Crippen LogP contribution in [0.25, 0.3) is 0 Å². The van der Waals surface area contributed by atoms with Gasteiger partial charge in [0, 0.05) is 25.0 Å². The van der Waals surface area contributed by atoms with E-state index >= 15 is 0 Å². The van der Waals surface area contributed by atoms with Crippen molar-refractivity contribution in [1.82, 2.24) is 14.7 Å². The maximum Gasteiger partial charge on any atom is 0.407 e. The molecule has 9 heteroatoms. The number of nitriles is 1. The van der Waals surface area contributed by atoms with Crippen molar-refractivity contribution in [3.05, 3.63) is 42.1 Å². The number of piperidine rings is 1. The van der Waals surface area contributed by atoms with Gasteiger partial charge in [-0.2, -0.15) is 10.4 Å². The van der Waals surface area contributed by atoms with E-state index in [2.05, 4.69) is 16.5 Å². The van der Waals surface area contributed by atoms with Crippen molar-refractivity contribution in [3.8, 4) is 6.07 Å². The van der Waals surface area contributed by atoms with E-state index in [4.69, 9.17) is 5.73 Å². The molecule has 1 aliphatic rings. The maximum absolute atomic E-state index is 11.8. The number of benzene rings is 1. The summed E-state index contributed by atoms with van der Waals surface area (Å²) >= 11 is 0. The number of likely N-dealkylation sites (tertiary alicyclic amines) is 1. The molecule has 2 amide bonds. The molecule has 0 unspecified atom stereocenters. The van der Waals surface area contributed by atoms with Crippen molar-refractivity contribution in [1.29, 1.82) is 5.26 Å². The van der Waals surface area contributed by atoms with E-state index in [-0.39, 0.29) is 17.9 Å². The van der Waals surface area contributed by atoms with Gasteiger partial charge in [-0.1, -0.05) is 18.2 Å². The highest BCUT2D eigenvalue weighted by Crippen LogP contribution is 2.29. The molecule has 2 heterocycles. The zero-order valence-electron chi connectivity index (χ0n) is 13.9. The third-order valence-electron chi connectivity index (χ3n) is 4.39. The Morgan fingerprint density at radius 3 is 2.69 bits per heavy atom. The predicted octanol–water partition coefficient (Wildman–Crippen LogP) is 1.79. The molecular weight excluding hydrogens is 336 g/mol. The summed E-state index contributed by atoms with van der Waals surface area (Å²) in [5.41, 5.74) is 6.36. The Balaban J connectivity index is 1.94. The summed E-state index contributed by atoms with van der Waals surface area (Å²) in [6, 6.07) is 10.9. The van der Waals surface area contributed by atoms with Gasteiger partial charge in [-0.3, -0.25) is 9.48 Å². The van der Waals surface area contributed by atoms with Crippen molar-refractivity contribution in [2.24, 2.45) is 11.7 Å². The third kappa shape index (κ3) is 3.44. The summed E-state index contributed by atoms with van der Waals surface area (Å²) in [5.74, 6) is -0.794. The molecule has 3 rings (SSSR count). The normalized spacial score (nSPS) is 19.6. The predicted molar refractivity (Wildman–Crippen MR) is 92.8 cm³/mol. The number of hydrogen-bond acceptors (Lipinski definition) is 5. The molecule has 9 nitrogen and oxygen atoms in total. The lowest BCUT2D eigenvalue weighted by molar-refractivity contribution is 0.0996. The van der Waals surface area contributed by atoms with Crippen LogP contribution in [0.2, 0.25) is 0 Å². The van der Waals surface area contributed by atoms with Crippen LogP contribution in [-0.4, -0.2) is 44.9 Å². The minimum atomic E-state index is -1.05. The Hall–Kier alpha value is -3.54. The first kappa shape index (κ1) is 17.3. The molecule has 0 aliphatic carbocycles. The van der Waals surface area contributed by atoms with Gasteiger partial charge in [-0.05, 0) is 18.6 Å². The van der Waals surface area contributed by atoms with Crippen molar-refractivity contribution < 1.29 is 14.7 Å². The molecule has 0 spiro atoms. The van der Waals surface area contributed by atoms with Gasteiger partial charge in [0.15, 0.2) is 5.82 Å². The molecule has 2 atom stereocenters. The van der Waals surface area contributed by atoms with Crippen LogP contribution < -0.4 is 11.1 Å². The third-order valence-corrected chi connectivity index (χ3v) is 4.39. The molecule has 0 bridgehead atoms. The summed E-state index contributed by atoms with van der Waals surface area (Å²) < 4.78 is 1.47. The van der Waals surface area contributed by atoms with Gasteiger partial charge in [-0.25, -0.2) is 4.79 Å². The number of nitrogens with one attached hydrogen (secondary N) is 1. The standard InChI is InChI=1S/C17H18N6O3/c18-8-11-6-7-22(17(25)26)10-14(11)23-9-13(15(19)24)16(21-23)20-12-4-2-1-3-5-12/h1-5,9,11,14H,6-7,10H2,(H2,19,24)(H,20,21)(H,25,26)/t11-,14+/m1/s1. The number of primary amides is 1. The monoisotopic (exact) mass is 354 g/mol. The molecule has 134 valence electrons. The first-order chi connectivity index (χ1) is 12.5. The van der Waals surface area contributed by atoms with Crippen LogP contribution in [-0.2, 0) is 0 Å². The van der Waals surface area contributed by atoms with Crippen molar-refractivity contribution in [2.45, 2.75) is 12.5 Å². The average molecular weight is 354 g/mol. The topological polar surface area (TPSA) is 137 Å². The molecule has 1 aliphatic heterocycles. The Morgan fingerprint density at radius 2 is 2.08 bits per heavy atom. The van der Waals surface area contributed by atoms with Gasteiger partial charge in [0.25, 0.3) is 5.91 Å². The Morgan fingerprint density at radius 1 is 1.35 bits per heavy atom. The van der Waals surface area contributed by atoms with E-state index in [0.717, 1.165) is 5.69 Å². The number of rotatable bonds is 4. The summed E-state index contributed by atoms with van der Waals surface area (Å²) in [6.45, 7) is 0.418. The molecule has 1 fully saturated rings. The summed E-state index contributed by atoms with van der Waals surface area (Å²) in [6.07, 6.45) is 0.825. The number of nitrogens with zero attached hydrogens (tertiary/aromatic N) is 4. The number of nitrogens with two attached hydrogens (primary N) is 1. The number of amides is 2. The SMILES string of the molecule is N#C[C@H]1CCN(C(=O)O)C[C@@H]1n1cc(C(N)=O)c(Nc2ccccc2)n1. The van der Waals surface area contributed by atoms with Crippen LogP contribution in [0.3, 0.4) is 0 Å². The highest BCUT2D eigenvalue weighted by Gasteiger charge is 2.34. The highest BCUT2D eigenvalue weighted by molar-refractivity contribution is 5.98. The second-order valence-electron chi connectivity index (χ2n) is 6.05. The smallest absolute Gasteiger partial charge is 0.407 e. The molecule has 1 aromatic heterocycles. The number of aromatic nitrogens is 2. The number of carbonyl (C=O) groups is 2. The van der Waals surface area contributed by atoms with E-state index < -0.39 is 24.0 Å². The fourth-order valence-corrected chi connectivity index (χ4v) is 3.02. The van der Waals surface area contributed by atoms with Crippen molar-refractivity contribution in [2.75, 3.05) is 18.4 Å². The minimum Gasteiger partial charge on any atom is -0.465 e. The molecule has 26 heavy (non-hydrogen) atoms. The first-order valence-electron chi connectivity index (χ1n) is 8.08. The van der Waals surface area contributed by atoms with Crippen LogP contribution in [0, 0.1) is 17.2 Å². The highest BCUT2D eigenvalue weighted by atomic mass is 16.4. The van der Waals surface area contributed by atoms with Gasteiger partial charge in [0.2, 0.25) is 0 Å². The minimum absolute atomic E-state index is 0.123. The van der Waals surface area contributed by atoms with E-state index in [1.165, 1.54) is 15.8 Å². The van der Waals surface area contributed by atoms with Crippen molar-refractivity contribution in [3.63, 3.8) is 0 Å². The van der Waals surface area contributed by atoms with Crippen LogP contribution in [0.5, 0.6) is 0 Å². The molecule has 4 N–H and O–H groups in total. The molecular formula is C17H18N6O3. The van der Waals surface area contributed by atoms with Gasteiger partial charge in [-0.15, -0.1) is 0 Å². The fraction of sp³-hybridized carbons (Fsp3) is 0.294. The summed E-state index contributed by atoms with van der Waals surface area (Å²) in [7, 11) is 0.